The zero-order valence-corrected chi connectivity index (χ0v) is 6.64. The van der Waals surface area contributed by atoms with Gasteiger partial charge in [0.2, 0.25) is 0 Å². The second-order valence-electron chi connectivity index (χ2n) is 2.75. The summed E-state index contributed by atoms with van der Waals surface area (Å²) in [7, 11) is 1.68. The van der Waals surface area contributed by atoms with E-state index in [2.05, 4.69) is 6.92 Å². The van der Waals surface area contributed by atoms with Crippen LogP contribution in [-0.4, -0.2) is 17.8 Å². The van der Waals surface area contributed by atoms with E-state index in [1.54, 1.807) is 7.05 Å². The molecule has 0 bridgehead atoms. The lowest BCUT2D eigenvalue weighted by Gasteiger charge is -2.25. The molecule has 2 N–H and O–H groups in total. The quantitative estimate of drug-likeness (QED) is 0.458. The second kappa shape index (κ2) is 3.15. The first kappa shape index (κ1) is 8.88. The van der Waals surface area contributed by atoms with Crippen molar-refractivity contribution >= 4 is 0 Å². The molecule has 0 saturated carbocycles. The summed E-state index contributed by atoms with van der Waals surface area (Å²) in [6.07, 6.45) is 0.953. The summed E-state index contributed by atoms with van der Waals surface area (Å²) in [5.74, 6) is 5.27. The lowest BCUT2D eigenvalue weighted by Crippen LogP contribution is -2.37. The van der Waals surface area contributed by atoms with Gasteiger partial charge in [0.25, 0.3) is 0 Å². The number of hydrogen-bond donors (Lipinski definition) is 1. The monoisotopic (exact) mass is 132 g/mol. The van der Waals surface area contributed by atoms with Crippen molar-refractivity contribution in [1.82, 2.24) is 5.17 Å². The van der Waals surface area contributed by atoms with Crippen molar-refractivity contribution in [3.05, 3.63) is 0 Å². The maximum Gasteiger partial charge on any atom is 0.0857 e. The molecule has 0 unspecified atom stereocenters. The van der Waals surface area contributed by atoms with E-state index >= 15 is 0 Å². The van der Waals surface area contributed by atoms with E-state index in [1.165, 1.54) is 5.17 Å². The molecule has 0 heterocycles. The highest BCUT2D eigenvalue weighted by atomic mass is 16.7. The lowest BCUT2D eigenvalue weighted by atomic mass is 10.1. The predicted molar refractivity (Wildman–Crippen MR) is 37.4 cm³/mol. The average Bonchev–Trinajstić information content (AvgIpc) is 1.63. The highest BCUT2D eigenvalue weighted by Gasteiger charge is 2.16. The zero-order valence-electron chi connectivity index (χ0n) is 6.64. The molecule has 0 aromatic rings. The zero-order chi connectivity index (χ0) is 7.49. The lowest BCUT2D eigenvalue weighted by molar-refractivity contribution is -0.224. The third kappa shape index (κ3) is 4.39. The minimum absolute atomic E-state index is 0.135. The highest BCUT2D eigenvalue weighted by molar-refractivity contribution is 4.62. The van der Waals surface area contributed by atoms with Crippen LogP contribution in [0.5, 0.6) is 0 Å². The van der Waals surface area contributed by atoms with Gasteiger partial charge in [-0.2, -0.15) is 0 Å². The third-order valence-corrected chi connectivity index (χ3v) is 1.24. The molecule has 0 aromatic heterocycles. The van der Waals surface area contributed by atoms with E-state index in [0.29, 0.717) is 0 Å². The van der Waals surface area contributed by atoms with Crippen molar-refractivity contribution in [2.75, 3.05) is 7.05 Å². The Morgan fingerprint density at radius 1 is 1.56 bits per heavy atom. The SMILES string of the molecule is CCC(C)(C)ON(C)N. The molecule has 0 aromatic carbocycles. The first-order valence-corrected chi connectivity index (χ1v) is 3.15. The van der Waals surface area contributed by atoms with Crippen molar-refractivity contribution in [3.8, 4) is 0 Å². The van der Waals surface area contributed by atoms with Crippen LogP contribution in [0.1, 0.15) is 27.2 Å². The predicted octanol–water partition coefficient (Wildman–Crippen LogP) is 0.912. The molecule has 0 aliphatic heterocycles. The molecule has 0 atom stereocenters. The van der Waals surface area contributed by atoms with Crippen LogP contribution in [0.25, 0.3) is 0 Å². The Balaban J connectivity index is 3.58. The molecule has 9 heavy (non-hydrogen) atoms. The third-order valence-electron chi connectivity index (χ3n) is 1.24. The summed E-state index contributed by atoms with van der Waals surface area (Å²) in [5.41, 5.74) is -0.135. The summed E-state index contributed by atoms with van der Waals surface area (Å²) in [5, 5.41) is 1.24. The van der Waals surface area contributed by atoms with Crippen molar-refractivity contribution in [3.63, 3.8) is 0 Å². The van der Waals surface area contributed by atoms with E-state index in [1.807, 2.05) is 13.8 Å². The van der Waals surface area contributed by atoms with E-state index in [9.17, 15) is 0 Å². The molecule has 0 radical (unpaired) electrons. The molecule has 0 aliphatic rings. The van der Waals surface area contributed by atoms with Crippen LogP contribution in [0.3, 0.4) is 0 Å². The fourth-order valence-electron chi connectivity index (χ4n) is 0.454. The van der Waals surface area contributed by atoms with Gasteiger partial charge in [0.1, 0.15) is 0 Å². The fraction of sp³-hybridized carbons (Fsp3) is 1.00. The summed E-state index contributed by atoms with van der Waals surface area (Å²) in [6, 6.07) is 0. The van der Waals surface area contributed by atoms with Gasteiger partial charge in [-0.3, -0.25) is 4.84 Å². The van der Waals surface area contributed by atoms with Gasteiger partial charge in [-0.05, 0) is 20.3 Å². The Labute approximate surface area is 56.7 Å². The van der Waals surface area contributed by atoms with Gasteiger partial charge in [-0.1, -0.05) is 6.92 Å². The normalized spacial score (nSPS) is 12.7. The van der Waals surface area contributed by atoms with Gasteiger partial charge < -0.3 is 0 Å². The number of nitrogens with zero attached hydrogens (tertiary/aromatic N) is 1. The van der Waals surface area contributed by atoms with Gasteiger partial charge >= 0.3 is 0 Å². The molecule has 0 amide bonds. The minimum Gasteiger partial charge on any atom is -0.279 e. The summed E-state index contributed by atoms with van der Waals surface area (Å²) < 4.78 is 0. The highest BCUT2D eigenvalue weighted by Crippen LogP contribution is 2.12. The standard InChI is InChI=1S/C6H16N2O/c1-5-6(2,3)9-8(4)7/h5,7H2,1-4H3. The van der Waals surface area contributed by atoms with Crippen LogP contribution in [0.4, 0.5) is 0 Å². The van der Waals surface area contributed by atoms with Crippen molar-refractivity contribution in [2.24, 2.45) is 5.84 Å². The summed E-state index contributed by atoms with van der Waals surface area (Å²) in [4.78, 5) is 5.20. The van der Waals surface area contributed by atoms with E-state index < -0.39 is 0 Å². The molecule has 0 aliphatic carbocycles. The van der Waals surface area contributed by atoms with E-state index in [4.69, 9.17) is 10.7 Å². The second-order valence-corrected chi connectivity index (χ2v) is 2.75. The molecular formula is C6H16N2O. The van der Waals surface area contributed by atoms with Crippen LogP contribution >= 0.6 is 0 Å². The number of hydrazine groups is 1. The van der Waals surface area contributed by atoms with E-state index in [0.717, 1.165) is 6.42 Å². The van der Waals surface area contributed by atoms with Crippen molar-refractivity contribution < 1.29 is 4.84 Å². The number of hydroxylamine groups is 1. The van der Waals surface area contributed by atoms with Crippen molar-refractivity contribution in [2.45, 2.75) is 32.8 Å². The average molecular weight is 132 g/mol. The van der Waals surface area contributed by atoms with Crippen LogP contribution in [0.15, 0.2) is 0 Å². The first-order valence-electron chi connectivity index (χ1n) is 3.15. The maximum absolute atomic E-state index is 5.27. The Kier molecular flexibility index (Phi) is 3.11. The molecule has 3 heteroatoms. The number of rotatable bonds is 3. The van der Waals surface area contributed by atoms with Gasteiger partial charge in [-0.15, -0.1) is 5.17 Å². The largest absolute Gasteiger partial charge is 0.279 e. The van der Waals surface area contributed by atoms with Crippen LogP contribution in [-0.2, 0) is 4.84 Å². The molecular weight excluding hydrogens is 116 g/mol. The Morgan fingerprint density at radius 2 is 2.00 bits per heavy atom. The molecule has 0 rings (SSSR count). The molecule has 0 saturated heterocycles. The maximum atomic E-state index is 5.27. The molecule has 0 spiro atoms. The fourth-order valence-corrected chi connectivity index (χ4v) is 0.454. The van der Waals surface area contributed by atoms with Crippen molar-refractivity contribution in [1.29, 1.82) is 0 Å². The van der Waals surface area contributed by atoms with Crippen LogP contribution in [0, 0.1) is 0 Å². The van der Waals surface area contributed by atoms with Gasteiger partial charge in [0.05, 0.1) is 5.60 Å². The van der Waals surface area contributed by atoms with Gasteiger partial charge in [0, 0.05) is 7.05 Å². The Hall–Kier alpha value is -0.120. The van der Waals surface area contributed by atoms with Gasteiger partial charge in [0.15, 0.2) is 0 Å². The summed E-state index contributed by atoms with van der Waals surface area (Å²) in [6.45, 7) is 6.05. The Morgan fingerprint density at radius 3 is 2.11 bits per heavy atom. The van der Waals surface area contributed by atoms with Crippen LogP contribution < -0.4 is 5.84 Å². The van der Waals surface area contributed by atoms with Gasteiger partial charge in [-0.25, -0.2) is 5.84 Å². The topological polar surface area (TPSA) is 38.5 Å². The van der Waals surface area contributed by atoms with E-state index in [-0.39, 0.29) is 5.60 Å². The Bertz CT molecular complexity index is 81.1. The minimum atomic E-state index is -0.135. The molecule has 3 nitrogen and oxygen atoms in total. The summed E-state index contributed by atoms with van der Waals surface area (Å²) >= 11 is 0. The van der Waals surface area contributed by atoms with Crippen LogP contribution in [0.2, 0.25) is 0 Å². The first-order chi connectivity index (χ1) is 3.98. The molecule has 0 fully saturated rings. The number of hydrogen-bond acceptors (Lipinski definition) is 3. The number of nitrogens with two attached hydrogens (primary N) is 1. The smallest absolute Gasteiger partial charge is 0.0857 e. The molecule has 56 valence electrons.